The predicted octanol–water partition coefficient (Wildman–Crippen LogP) is 4.63. The van der Waals surface area contributed by atoms with Crippen LogP contribution in [-0.2, 0) is 0 Å². The molecule has 0 bridgehead atoms. The lowest BCUT2D eigenvalue weighted by Gasteiger charge is -2.30. The highest BCUT2D eigenvalue weighted by Crippen LogP contribution is 2.32. The van der Waals surface area contributed by atoms with Crippen molar-refractivity contribution < 1.29 is 4.79 Å². The molecule has 182 valence electrons. The van der Waals surface area contributed by atoms with E-state index in [1.807, 2.05) is 18.5 Å². The summed E-state index contributed by atoms with van der Waals surface area (Å²) in [6.07, 6.45) is 8.00. The van der Waals surface area contributed by atoms with Crippen molar-refractivity contribution in [2.75, 3.05) is 18.4 Å². The third-order valence-electron chi connectivity index (χ3n) is 6.81. The maximum atomic E-state index is 11.5. The van der Waals surface area contributed by atoms with Gasteiger partial charge in [0.2, 0.25) is 5.91 Å². The topological polar surface area (TPSA) is 102 Å². The first-order valence-electron chi connectivity index (χ1n) is 12.5. The third kappa shape index (κ3) is 5.22. The molecule has 1 aliphatic carbocycles. The minimum absolute atomic E-state index is 0.420. The number of aromatic nitrogens is 4. The largest absolute Gasteiger partial charge is 0.367 e. The van der Waals surface area contributed by atoms with E-state index in [1.54, 1.807) is 12.1 Å². The number of nitrogens with two attached hydrogens (primary N) is 1. The van der Waals surface area contributed by atoms with Gasteiger partial charge in [0, 0.05) is 42.3 Å². The normalized spacial score (nSPS) is 15.0. The lowest BCUT2D eigenvalue weighted by molar-refractivity contribution is 0.100. The zero-order valence-corrected chi connectivity index (χ0v) is 20.8. The van der Waals surface area contributed by atoms with Gasteiger partial charge in [0.1, 0.15) is 5.52 Å². The molecule has 0 saturated heterocycles. The molecule has 3 aromatic rings. The molecular formula is C26H37N7O. The van der Waals surface area contributed by atoms with E-state index in [2.05, 4.69) is 42.5 Å². The zero-order chi connectivity index (χ0) is 24.2. The van der Waals surface area contributed by atoms with Gasteiger partial charge in [-0.15, -0.1) is 0 Å². The number of benzene rings is 1. The minimum Gasteiger partial charge on any atom is -0.367 e. The van der Waals surface area contributed by atoms with Crippen LogP contribution >= 0.6 is 0 Å². The van der Waals surface area contributed by atoms with Gasteiger partial charge in [0.15, 0.2) is 17.3 Å². The average molecular weight is 464 g/mol. The molecule has 1 saturated carbocycles. The van der Waals surface area contributed by atoms with E-state index in [-0.39, 0.29) is 0 Å². The molecule has 1 aliphatic rings. The summed E-state index contributed by atoms with van der Waals surface area (Å²) < 4.78 is 2.23. The third-order valence-corrected chi connectivity index (χ3v) is 6.81. The molecule has 0 spiro atoms. The van der Waals surface area contributed by atoms with Gasteiger partial charge in [-0.2, -0.15) is 0 Å². The Hall–Kier alpha value is -3.00. The number of nitrogens with one attached hydrogen (secondary N) is 1. The Morgan fingerprint density at radius 1 is 1.09 bits per heavy atom. The summed E-state index contributed by atoms with van der Waals surface area (Å²) >= 11 is 0. The van der Waals surface area contributed by atoms with Crippen molar-refractivity contribution in [1.29, 1.82) is 0 Å². The molecule has 0 aliphatic heterocycles. The fourth-order valence-electron chi connectivity index (χ4n) is 4.99. The lowest BCUT2D eigenvalue weighted by atomic mass is 9.95. The van der Waals surface area contributed by atoms with E-state index >= 15 is 0 Å². The molecule has 0 atom stereocenters. The van der Waals surface area contributed by atoms with Crippen LogP contribution in [0.15, 0.2) is 30.6 Å². The molecule has 34 heavy (non-hydrogen) atoms. The highest BCUT2D eigenvalue weighted by atomic mass is 16.1. The first kappa shape index (κ1) is 24.1. The van der Waals surface area contributed by atoms with Gasteiger partial charge in [-0.1, -0.05) is 31.4 Å². The first-order chi connectivity index (χ1) is 16.3. The van der Waals surface area contributed by atoms with Crippen molar-refractivity contribution in [2.45, 2.75) is 77.9 Å². The fourth-order valence-corrected chi connectivity index (χ4v) is 4.99. The molecule has 8 nitrogen and oxygen atoms in total. The van der Waals surface area contributed by atoms with Crippen molar-refractivity contribution in [3.63, 3.8) is 0 Å². The molecule has 8 heteroatoms. The van der Waals surface area contributed by atoms with E-state index in [4.69, 9.17) is 20.7 Å². The van der Waals surface area contributed by atoms with Gasteiger partial charge in [-0.25, -0.2) is 15.0 Å². The number of carbonyl (C=O) groups is 1. The average Bonchev–Trinajstić information content (AvgIpc) is 3.26. The summed E-state index contributed by atoms with van der Waals surface area (Å²) in [6.45, 7) is 10.6. The summed E-state index contributed by atoms with van der Waals surface area (Å²) in [5.41, 5.74) is 8.40. The van der Waals surface area contributed by atoms with Crippen LogP contribution in [0.4, 0.5) is 5.82 Å². The number of hydrogen-bond donors (Lipinski definition) is 2. The van der Waals surface area contributed by atoms with Crippen LogP contribution < -0.4 is 11.1 Å². The van der Waals surface area contributed by atoms with Gasteiger partial charge in [0.25, 0.3) is 0 Å². The number of amides is 1. The number of nitrogens with zero attached hydrogens (tertiary/aromatic N) is 5. The van der Waals surface area contributed by atoms with E-state index in [0.29, 0.717) is 29.5 Å². The number of carbonyl (C=O) groups excluding carboxylic acids is 1. The second-order valence-electron chi connectivity index (χ2n) is 9.81. The van der Waals surface area contributed by atoms with Crippen molar-refractivity contribution in [3.05, 3.63) is 36.2 Å². The summed E-state index contributed by atoms with van der Waals surface area (Å²) in [5.74, 6) is 0.926. The molecular weight excluding hydrogens is 426 g/mol. The Morgan fingerprint density at radius 3 is 2.38 bits per heavy atom. The molecule has 3 N–H and O–H groups in total. The molecule has 1 fully saturated rings. The number of imidazole rings is 1. The Kier molecular flexibility index (Phi) is 7.46. The van der Waals surface area contributed by atoms with Crippen LogP contribution in [0.1, 0.15) is 76.2 Å². The Morgan fingerprint density at radius 2 is 1.76 bits per heavy atom. The van der Waals surface area contributed by atoms with Gasteiger partial charge in [0.05, 0.1) is 6.33 Å². The second kappa shape index (κ2) is 10.5. The number of fused-ring (bicyclic) bond motifs is 1. The lowest BCUT2D eigenvalue weighted by Crippen LogP contribution is -2.40. The van der Waals surface area contributed by atoms with Crippen LogP contribution in [-0.4, -0.2) is 55.5 Å². The molecule has 2 heterocycles. The van der Waals surface area contributed by atoms with Crippen molar-refractivity contribution in [1.82, 2.24) is 24.4 Å². The number of primary amides is 1. The monoisotopic (exact) mass is 463 g/mol. The molecule has 1 amide bonds. The Labute approximate surface area is 202 Å². The standard InChI is InChI=1S/C26H37N7O/c1-17(2)32(18(3)4)15-14-28-25-22-26(33(16-29-22)21-8-6-5-7-9-21)31-24(30-25)20-12-10-19(11-13-20)23(27)34/h10-13,16-18,21H,5-9,14-15H2,1-4H3,(H2,27,34)(H,28,30,31). The SMILES string of the molecule is CC(C)N(CCNc1nc(-c2ccc(C(N)=O)cc2)nc2c1ncn2C1CCCCC1)C(C)C. The number of hydrogen-bond acceptors (Lipinski definition) is 6. The van der Waals surface area contributed by atoms with E-state index in [1.165, 1.54) is 19.3 Å². The smallest absolute Gasteiger partial charge is 0.248 e. The van der Waals surface area contributed by atoms with Crippen LogP contribution in [0.5, 0.6) is 0 Å². The van der Waals surface area contributed by atoms with Gasteiger partial charge in [-0.05, 0) is 52.7 Å². The molecule has 0 radical (unpaired) electrons. The molecule has 2 aromatic heterocycles. The summed E-state index contributed by atoms with van der Waals surface area (Å²) in [7, 11) is 0. The maximum absolute atomic E-state index is 11.5. The molecule has 4 rings (SSSR count). The minimum atomic E-state index is -0.444. The van der Waals surface area contributed by atoms with Gasteiger partial charge >= 0.3 is 0 Å². The van der Waals surface area contributed by atoms with Crippen molar-refractivity contribution in [2.24, 2.45) is 5.73 Å². The quantitative estimate of drug-likeness (QED) is 0.480. The van der Waals surface area contributed by atoms with Gasteiger partial charge < -0.3 is 15.6 Å². The van der Waals surface area contributed by atoms with E-state index in [0.717, 1.165) is 48.5 Å². The second-order valence-corrected chi connectivity index (χ2v) is 9.81. The summed E-state index contributed by atoms with van der Waals surface area (Å²) in [6, 6.07) is 8.51. The molecule has 0 unspecified atom stereocenters. The highest BCUT2D eigenvalue weighted by molar-refractivity contribution is 5.93. The van der Waals surface area contributed by atoms with Crippen LogP contribution in [0.3, 0.4) is 0 Å². The highest BCUT2D eigenvalue weighted by Gasteiger charge is 2.21. The zero-order valence-electron chi connectivity index (χ0n) is 20.8. The van der Waals surface area contributed by atoms with Crippen molar-refractivity contribution in [3.8, 4) is 11.4 Å². The van der Waals surface area contributed by atoms with Crippen LogP contribution in [0.2, 0.25) is 0 Å². The van der Waals surface area contributed by atoms with Crippen molar-refractivity contribution >= 4 is 22.9 Å². The fraction of sp³-hybridized carbons (Fsp3) is 0.538. The van der Waals surface area contributed by atoms with Crippen LogP contribution in [0.25, 0.3) is 22.6 Å². The summed E-state index contributed by atoms with van der Waals surface area (Å²) in [5, 5.41) is 3.54. The maximum Gasteiger partial charge on any atom is 0.248 e. The molecule has 1 aromatic carbocycles. The van der Waals surface area contributed by atoms with Crippen LogP contribution in [0, 0.1) is 0 Å². The number of rotatable bonds is 9. The number of anilines is 1. The Balaban J connectivity index is 1.69. The summed E-state index contributed by atoms with van der Waals surface area (Å²) in [4.78, 5) is 28.5. The Bertz CT molecular complexity index is 1110. The predicted molar refractivity (Wildman–Crippen MR) is 137 cm³/mol. The van der Waals surface area contributed by atoms with E-state index in [9.17, 15) is 4.79 Å². The first-order valence-corrected chi connectivity index (χ1v) is 12.5. The van der Waals surface area contributed by atoms with Gasteiger partial charge in [-0.3, -0.25) is 9.69 Å². The van der Waals surface area contributed by atoms with E-state index < -0.39 is 5.91 Å².